The normalized spacial score (nSPS) is 13.7. The number of methoxy groups -OCH3 is 1. The highest BCUT2D eigenvalue weighted by Crippen LogP contribution is 2.29. The van der Waals surface area contributed by atoms with Crippen LogP contribution in [-0.4, -0.2) is 35.1 Å². The second-order valence-corrected chi connectivity index (χ2v) is 7.66. The van der Waals surface area contributed by atoms with Gasteiger partial charge in [0.05, 0.1) is 25.0 Å². The molecule has 3 aromatic rings. The Kier molecular flexibility index (Phi) is 6.06. The number of nitrogens with one attached hydrogen (secondary N) is 1. The van der Waals surface area contributed by atoms with Gasteiger partial charge < -0.3 is 14.5 Å². The molecule has 7 heteroatoms. The molecule has 4 rings (SSSR count). The van der Waals surface area contributed by atoms with Gasteiger partial charge in [-0.1, -0.05) is 17.7 Å². The third-order valence-corrected chi connectivity index (χ3v) is 5.45. The number of halogens is 1. The molecule has 156 valence electrons. The van der Waals surface area contributed by atoms with E-state index in [-0.39, 0.29) is 5.56 Å². The highest BCUT2D eigenvalue weighted by atomic mass is 35.5. The Balaban J connectivity index is 1.53. The van der Waals surface area contributed by atoms with Crippen LogP contribution in [-0.2, 0) is 19.5 Å². The summed E-state index contributed by atoms with van der Waals surface area (Å²) < 4.78 is 11.0. The van der Waals surface area contributed by atoms with Crippen LogP contribution in [0.15, 0.2) is 47.3 Å². The van der Waals surface area contributed by atoms with E-state index in [0.717, 1.165) is 53.4 Å². The Labute approximate surface area is 180 Å². The van der Waals surface area contributed by atoms with Gasteiger partial charge in [0.25, 0.3) is 5.56 Å². The number of rotatable bonds is 6. The predicted molar refractivity (Wildman–Crippen MR) is 117 cm³/mol. The van der Waals surface area contributed by atoms with Crippen LogP contribution in [0.3, 0.4) is 0 Å². The van der Waals surface area contributed by atoms with E-state index >= 15 is 0 Å². The standard InChI is InChI=1S/C23H24ClN3O3/c1-3-30-20-9-4-15(12-21(20)29-2)13-27-11-10-19-18(14-27)23(28)26-22(25-19)16-5-7-17(24)8-6-16/h4-9,12H,3,10-11,13-14H2,1-2H3,(H,25,26,28). The van der Waals surface area contributed by atoms with Crippen LogP contribution >= 0.6 is 11.6 Å². The van der Waals surface area contributed by atoms with Crippen molar-refractivity contribution in [2.45, 2.75) is 26.4 Å². The van der Waals surface area contributed by atoms with Crippen LogP contribution in [0, 0.1) is 0 Å². The number of H-pyrrole nitrogens is 1. The Morgan fingerprint density at radius 3 is 2.70 bits per heavy atom. The molecule has 2 aromatic carbocycles. The zero-order valence-corrected chi connectivity index (χ0v) is 17.8. The fourth-order valence-electron chi connectivity index (χ4n) is 3.70. The Hall–Kier alpha value is -2.83. The van der Waals surface area contributed by atoms with Crippen molar-refractivity contribution in [3.05, 3.63) is 74.7 Å². The zero-order chi connectivity index (χ0) is 21.1. The second-order valence-electron chi connectivity index (χ2n) is 7.23. The summed E-state index contributed by atoms with van der Waals surface area (Å²) in [5.41, 5.74) is 3.48. The molecule has 30 heavy (non-hydrogen) atoms. The molecular formula is C23H24ClN3O3. The first kappa shape index (κ1) is 20.4. The predicted octanol–water partition coefficient (Wildman–Crippen LogP) is 4.06. The second kappa shape index (κ2) is 8.90. The van der Waals surface area contributed by atoms with Gasteiger partial charge in [-0.15, -0.1) is 0 Å². The summed E-state index contributed by atoms with van der Waals surface area (Å²) in [6, 6.07) is 13.3. The lowest BCUT2D eigenvalue weighted by Gasteiger charge is -2.28. The molecule has 0 aliphatic carbocycles. The van der Waals surface area contributed by atoms with Crippen LogP contribution in [0.1, 0.15) is 23.7 Å². The van der Waals surface area contributed by atoms with E-state index in [4.69, 9.17) is 26.1 Å². The van der Waals surface area contributed by atoms with E-state index in [1.807, 2.05) is 37.3 Å². The summed E-state index contributed by atoms with van der Waals surface area (Å²) in [5, 5.41) is 0.653. The van der Waals surface area contributed by atoms with Crippen molar-refractivity contribution in [3.8, 4) is 22.9 Å². The molecule has 2 heterocycles. The molecule has 6 nitrogen and oxygen atoms in total. The molecule has 0 radical (unpaired) electrons. The minimum absolute atomic E-state index is 0.0843. The fraction of sp³-hybridized carbons (Fsp3) is 0.304. The molecule has 0 atom stereocenters. The average molecular weight is 426 g/mol. The monoisotopic (exact) mass is 425 g/mol. The largest absolute Gasteiger partial charge is 0.493 e. The number of nitrogens with zero attached hydrogens (tertiary/aromatic N) is 2. The van der Waals surface area contributed by atoms with Gasteiger partial charge in [0.15, 0.2) is 11.5 Å². The van der Waals surface area contributed by atoms with Gasteiger partial charge in [-0.25, -0.2) is 4.98 Å². The van der Waals surface area contributed by atoms with E-state index in [0.29, 0.717) is 24.0 Å². The first-order valence-corrected chi connectivity index (χ1v) is 10.3. The summed E-state index contributed by atoms with van der Waals surface area (Å²) in [6.45, 7) is 4.66. The Morgan fingerprint density at radius 1 is 1.17 bits per heavy atom. The first-order valence-electron chi connectivity index (χ1n) is 9.97. The first-order chi connectivity index (χ1) is 14.6. The van der Waals surface area contributed by atoms with Gasteiger partial charge in [0, 0.05) is 36.6 Å². The minimum atomic E-state index is -0.0843. The molecule has 0 saturated heterocycles. The number of ether oxygens (including phenoxy) is 2. The summed E-state index contributed by atoms with van der Waals surface area (Å²) in [7, 11) is 1.64. The van der Waals surface area contributed by atoms with Crippen molar-refractivity contribution in [2.24, 2.45) is 0 Å². The van der Waals surface area contributed by atoms with Crippen LogP contribution in [0.4, 0.5) is 0 Å². The van der Waals surface area contributed by atoms with Gasteiger partial charge in [0.1, 0.15) is 5.82 Å². The lowest BCUT2D eigenvalue weighted by atomic mass is 10.1. The maximum Gasteiger partial charge on any atom is 0.255 e. The van der Waals surface area contributed by atoms with Crippen molar-refractivity contribution in [1.82, 2.24) is 14.9 Å². The zero-order valence-electron chi connectivity index (χ0n) is 17.1. The topological polar surface area (TPSA) is 67.5 Å². The van der Waals surface area contributed by atoms with Crippen LogP contribution in [0.5, 0.6) is 11.5 Å². The van der Waals surface area contributed by atoms with Crippen molar-refractivity contribution in [3.63, 3.8) is 0 Å². The number of hydrogen-bond acceptors (Lipinski definition) is 5. The van der Waals surface area contributed by atoms with Crippen molar-refractivity contribution in [1.29, 1.82) is 0 Å². The lowest BCUT2D eigenvalue weighted by molar-refractivity contribution is 0.241. The van der Waals surface area contributed by atoms with Crippen LogP contribution in [0.25, 0.3) is 11.4 Å². The maximum absolute atomic E-state index is 12.8. The Morgan fingerprint density at radius 2 is 1.97 bits per heavy atom. The summed E-state index contributed by atoms with van der Waals surface area (Å²) in [5.74, 6) is 2.04. The number of aromatic nitrogens is 2. The molecule has 1 N–H and O–H groups in total. The van der Waals surface area contributed by atoms with Gasteiger partial charge in [-0.05, 0) is 48.9 Å². The number of benzene rings is 2. The van der Waals surface area contributed by atoms with E-state index < -0.39 is 0 Å². The van der Waals surface area contributed by atoms with Gasteiger partial charge in [-0.3, -0.25) is 9.69 Å². The van der Waals surface area contributed by atoms with E-state index in [2.05, 4.69) is 9.88 Å². The van der Waals surface area contributed by atoms with E-state index in [1.165, 1.54) is 0 Å². The fourth-order valence-corrected chi connectivity index (χ4v) is 3.83. The number of hydrogen-bond donors (Lipinski definition) is 1. The molecule has 1 aliphatic heterocycles. The van der Waals surface area contributed by atoms with E-state index in [9.17, 15) is 4.79 Å². The van der Waals surface area contributed by atoms with E-state index in [1.54, 1.807) is 19.2 Å². The molecule has 0 fully saturated rings. The third-order valence-electron chi connectivity index (χ3n) is 5.20. The van der Waals surface area contributed by atoms with Gasteiger partial charge >= 0.3 is 0 Å². The smallest absolute Gasteiger partial charge is 0.255 e. The van der Waals surface area contributed by atoms with Gasteiger partial charge in [-0.2, -0.15) is 0 Å². The Bertz CT molecular complexity index is 1100. The lowest BCUT2D eigenvalue weighted by Crippen LogP contribution is -2.35. The summed E-state index contributed by atoms with van der Waals surface area (Å²) >= 11 is 5.96. The number of aromatic amines is 1. The molecule has 0 unspecified atom stereocenters. The molecule has 1 aliphatic rings. The third kappa shape index (κ3) is 4.35. The highest BCUT2D eigenvalue weighted by Gasteiger charge is 2.22. The molecule has 0 spiro atoms. The quantitative estimate of drug-likeness (QED) is 0.645. The minimum Gasteiger partial charge on any atom is -0.493 e. The molecule has 0 saturated carbocycles. The molecule has 0 amide bonds. The molecule has 1 aromatic heterocycles. The van der Waals surface area contributed by atoms with Crippen molar-refractivity contribution in [2.75, 3.05) is 20.3 Å². The van der Waals surface area contributed by atoms with Crippen molar-refractivity contribution >= 4 is 11.6 Å². The molecule has 0 bridgehead atoms. The van der Waals surface area contributed by atoms with Gasteiger partial charge in [0.2, 0.25) is 0 Å². The van der Waals surface area contributed by atoms with Crippen molar-refractivity contribution < 1.29 is 9.47 Å². The van der Waals surface area contributed by atoms with Crippen LogP contribution < -0.4 is 15.0 Å². The van der Waals surface area contributed by atoms with Crippen LogP contribution in [0.2, 0.25) is 5.02 Å². The molecular weight excluding hydrogens is 402 g/mol. The maximum atomic E-state index is 12.8. The average Bonchev–Trinajstić information content (AvgIpc) is 2.76. The summed E-state index contributed by atoms with van der Waals surface area (Å²) in [6.07, 6.45) is 0.730. The number of fused-ring (bicyclic) bond motifs is 1. The SMILES string of the molecule is CCOc1ccc(CN2CCc3nc(-c4ccc(Cl)cc4)[nH]c(=O)c3C2)cc1OC. The highest BCUT2D eigenvalue weighted by molar-refractivity contribution is 6.30. The summed E-state index contributed by atoms with van der Waals surface area (Å²) in [4.78, 5) is 22.6.